The molecule has 0 fully saturated rings. The lowest BCUT2D eigenvalue weighted by molar-refractivity contribution is 0.280. The Balaban J connectivity index is 1.34. The number of rotatable bonds is 10. The average Bonchev–Trinajstić information content (AvgIpc) is 3.21. The minimum absolute atomic E-state index is 0.470. The normalized spacial score (nSPS) is 11.0. The topological polar surface area (TPSA) is 59.2 Å². The molecule has 0 saturated carbocycles. The maximum Gasteiger partial charge on any atom is 0.166 e. The molecule has 0 spiro atoms. The highest BCUT2D eigenvalue weighted by Gasteiger charge is 2.13. The van der Waals surface area contributed by atoms with Crippen LogP contribution in [0.3, 0.4) is 0 Å². The van der Waals surface area contributed by atoms with Crippen molar-refractivity contribution >= 4 is 22.6 Å². The van der Waals surface area contributed by atoms with Crippen LogP contribution in [-0.2, 0) is 19.6 Å². The Morgan fingerprint density at radius 1 is 1.03 bits per heavy atom. The fraction of sp³-hybridized carbons (Fsp3) is 0.240. The summed E-state index contributed by atoms with van der Waals surface area (Å²) in [5, 5.41) is 4.11. The summed E-state index contributed by atoms with van der Waals surface area (Å²) in [6.45, 7) is 1.96. The van der Waals surface area contributed by atoms with Crippen LogP contribution >= 0.6 is 11.6 Å². The molecule has 1 heterocycles. The number of ether oxygens (including phenoxy) is 2. The number of hydrogen-bond donors (Lipinski definition) is 2. The maximum absolute atomic E-state index is 6.30. The van der Waals surface area contributed by atoms with Gasteiger partial charge in [0, 0.05) is 29.6 Å². The standard InChI is InChI=1S/C25H26ClN3O2/c1-30-23-15-20(26)14-19(25(23)31-17-18-8-3-2-4-9-18)16-27-13-7-12-24-28-21-10-5-6-11-22(21)29-24/h2-6,8-11,14-15,27H,7,12-13,16-17H2,1H3,(H,28,29). The Morgan fingerprint density at radius 3 is 2.65 bits per heavy atom. The molecule has 0 atom stereocenters. The molecular weight excluding hydrogens is 410 g/mol. The number of aromatic nitrogens is 2. The van der Waals surface area contributed by atoms with E-state index in [-0.39, 0.29) is 0 Å². The number of fused-ring (bicyclic) bond motifs is 1. The minimum Gasteiger partial charge on any atom is -0.493 e. The van der Waals surface area contributed by atoms with Gasteiger partial charge >= 0.3 is 0 Å². The number of aryl methyl sites for hydroxylation is 1. The van der Waals surface area contributed by atoms with Gasteiger partial charge in [0.05, 0.1) is 18.1 Å². The van der Waals surface area contributed by atoms with Crippen LogP contribution in [-0.4, -0.2) is 23.6 Å². The summed E-state index contributed by atoms with van der Waals surface area (Å²) >= 11 is 6.30. The number of aromatic amines is 1. The number of H-pyrrole nitrogens is 1. The highest BCUT2D eigenvalue weighted by molar-refractivity contribution is 6.30. The van der Waals surface area contributed by atoms with Gasteiger partial charge in [-0.2, -0.15) is 0 Å². The van der Waals surface area contributed by atoms with Crippen molar-refractivity contribution in [1.82, 2.24) is 15.3 Å². The molecule has 2 N–H and O–H groups in total. The monoisotopic (exact) mass is 435 g/mol. The van der Waals surface area contributed by atoms with Crippen molar-refractivity contribution in [2.75, 3.05) is 13.7 Å². The molecule has 0 aliphatic heterocycles. The largest absolute Gasteiger partial charge is 0.493 e. The molecular formula is C25H26ClN3O2. The minimum atomic E-state index is 0.470. The van der Waals surface area contributed by atoms with Crippen LogP contribution in [0.5, 0.6) is 11.5 Å². The lowest BCUT2D eigenvalue weighted by Gasteiger charge is -2.16. The van der Waals surface area contributed by atoms with Gasteiger partial charge in [-0.25, -0.2) is 4.98 Å². The molecule has 1 aromatic heterocycles. The van der Waals surface area contributed by atoms with E-state index in [0.29, 0.717) is 23.9 Å². The third-order valence-electron chi connectivity index (χ3n) is 5.06. The zero-order chi connectivity index (χ0) is 21.5. The lowest BCUT2D eigenvalue weighted by Crippen LogP contribution is -2.16. The van der Waals surface area contributed by atoms with Crippen molar-refractivity contribution in [3.8, 4) is 11.5 Å². The summed E-state index contributed by atoms with van der Waals surface area (Å²) in [5.41, 5.74) is 4.17. The van der Waals surface area contributed by atoms with E-state index < -0.39 is 0 Å². The van der Waals surface area contributed by atoms with Gasteiger partial charge in [-0.3, -0.25) is 0 Å². The molecule has 6 heteroatoms. The predicted molar refractivity (Wildman–Crippen MR) is 125 cm³/mol. The van der Waals surface area contributed by atoms with Crippen molar-refractivity contribution in [3.63, 3.8) is 0 Å². The second kappa shape index (κ2) is 10.3. The second-order valence-corrected chi connectivity index (χ2v) is 7.79. The molecule has 160 valence electrons. The Labute approximate surface area is 187 Å². The molecule has 0 radical (unpaired) electrons. The Kier molecular flexibility index (Phi) is 7.07. The van der Waals surface area contributed by atoms with Gasteiger partial charge in [0.15, 0.2) is 11.5 Å². The molecule has 0 unspecified atom stereocenters. The molecule has 3 aromatic carbocycles. The highest BCUT2D eigenvalue weighted by atomic mass is 35.5. The van der Waals surface area contributed by atoms with E-state index in [9.17, 15) is 0 Å². The van der Waals surface area contributed by atoms with E-state index in [0.717, 1.165) is 53.1 Å². The van der Waals surface area contributed by atoms with Gasteiger partial charge in [-0.1, -0.05) is 54.1 Å². The Hall–Kier alpha value is -3.02. The molecule has 0 saturated heterocycles. The zero-order valence-electron chi connectivity index (χ0n) is 17.5. The quantitative estimate of drug-likeness (QED) is 0.322. The molecule has 31 heavy (non-hydrogen) atoms. The summed E-state index contributed by atoms with van der Waals surface area (Å²) in [6.07, 6.45) is 1.86. The molecule has 0 aliphatic rings. The number of nitrogens with zero attached hydrogens (tertiary/aromatic N) is 1. The third kappa shape index (κ3) is 5.57. The van der Waals surface area contributed by atoms with Crippen LogP contribution in [0, 0.1) is 0 Å². The van der Waals surface area contributed by atoms with Crippen LogP contribution < -0.4 is 14.8 Å². The van der Waals surface area contributed by atoms with E-state index in [1.54, 1.807) is 13.2 Å². The number of para-hydroxylation sites is 2. The number of imidazole rings is 1. The van der Waals surface area contributed by atoms with Crippen LogP contribution in [0.4, 0.5) is 0 Å². The summed E-state index contributed by atoms with van der Waals surface area (Å²) in [5.74, 6) is 2.38. The maximum atomic E-state index is 6.30. The fourth-order valence-electron chi connectivity index (χ4n) is 3.53. The van der Waals surface area contributed by atoms with Gasteiger partial charge < -0.3 is 19.8 Å². The molecule has 0 amide bonds. The van der Waals surface area contributed by atoms with Crippen molar-refractivity contribution in [3.05, 3.63) is 88.7 Å². The van der Waals surface area contributed by atoms with Gasteiger partial charge in [0.1, 0.15) is 12.4 Å². The summed E-state index contributed by atoms with van der Waals surface area (Å²) in [6, 6.07) is 21.9. The molecule has 0 aliphatic carbocycles. The SMILES string of the molecule is COc1cc(Cl)cc(CNCCCc2nc3ccccc3[nH]2)c1OCc1ccccc1. The predicted octanol–water partition coefficient (Wildman–Crippen LogP) is 5.53. The van der Waals surface area contributed by atoms with Gasteiger partial charge in [-0.05, 0) is 36.7 Å². The van der Waals surface area contributed by atoms with E-state index >= 15 is 0 Å². The molecule has 4 rings (SSSR count). The van der Waals surface area contributed by atoms with Crippen molar-refractivity contribution in [1.29, 1.82) is 0 Å². The molecule has 0 bridgehead atoms. The first kappa shape index (κ1) is 21.2. The van der Waals surface area contributed by atoms with E-state index in [4.69, 9.17) is 21.1 Å². The fourth-order valence-corrected chi connectivity index (χ4v) is 3.76. The van der Waals surface area contributed by atoms with Crippen LogP contribution in [0.15, 0.2) is 66.7 Å². The van der Waals surface area contributed by atoms with E-state index in [1.165, 1.54) is 0 Å². The highest BCUT2D eigenvalue weighted by Crippen LogP contribution is 2.35. The number of benzene rings is 3. The zero-order valence-corrected chi connectivity index (χ0v) is 18.3. The Bertz CT molecular complexity index is 1100. The summed E-state index contributed by atoms with van der Waals surface area (Å²) < 4.78 is 11.6. The van der Waals surface area contributed by atoms with Crippen molar-refractivity contribution in [2.24, 2.45) is 0 Å². The smallest absolute Gasteiger partial charge is 0.166 e. The molecule has 5 nitrogen and oxygen atoms in total. The number of hydrogen-bond acceptors (Lipinski definition) is 4. The number of methoxy groups -OCH3 is 1. The molecule has 4 aromatic rings. The number of nitrogens with one attached hydrogen (secondary N) is 2. The van der Waals surface area contributed by atoms with Crippen LogP contribution in [0.25, 0.3) is 11.0 Å². The van der Waals surface area contributed by atoms with Gasteiger partial charge in [-0.15, -0.1) is 0 Å². The van der Waals surface area contributed by atoms with Gasteiger partial charge in [0.2, 0.25) is 0 Å². The van der Waals surface area contributed by atoms with E-state index in [1.807, 2.05) is 60.7 Å². The second-order valence-electron chi connectivity index (χ2n) is 7.35. The van der Waals surface area contributed by atoms with Crippen LogP contribution in [0.1, 0.15) is 23.4 Å². The average molecular weight is 436 g/mol. The number of halogens is 1. The first-order valence-corrected chi connectivity index (χ1v) is 10.8. The van der Waals surface area contributed by atoms with E-state index in [2.05, 4.69) is 15.3 Å². The van der Waals surface area contributed by atoms with Gasteiger partial charge in [0.25, 0.3) is 0 Å². The first-order chi connectivity index (χ1) is 15.2. The van der Waals surface area contributed by atoms with Crippen molar-refractivity contribution < 1.29 is 9.47 Å². The third-order valence-corrected chi connectivity index (χ3v) is 5.28. The Morgan fingerprint density at radius 2 is 1.84 bits per heavy atom. The lowest BCUT2D eigenvalue weighted by atomic mass is 10.1. The van der Waals surface area contributed by atoms with Crippen LogP contribution in [0.2, 0.25) is 5.02 Å². The first-order valence-electron chi connectivity index (χ1n) is 10.4. The summed E-state index contributed by atoms with van der Waals surface area (Å²) in [7, 11) is 1.63. The summed E-state index contributed by atoms with van der Waals surface area (Å²) in [4.78, 5) is 8.01. The van der Waals surface area contributed by atoms with Crippen molar-refractivity contribution in [2.45, 2.75) is 26.0 Å².